The van der Waals surface area contributed by atoms with Gasteiger partial charge in [0.15, 0.2) is 5.82 Å². The number of aromatic nitrogens is 1. The van der Waals surface area contributed by atoms with E-state index in [1.165, 1.54) is 6.07 Å². The highest BCUT2D eigenvalue weighted by Crippen LogP contribution is 2.31. The van der Waals surface area contributed by atoms with E-state index in [1.807, 2.05) is 11.8 Å². The number of nitrogens with one attached hydrogen (secondary N) is 2. The zero-order valence-corrected chi connectivity index (χ0v) is 18.2. The third kappa shape index (κ3) is 5.20. The van der Waals surface area contributed by atoms with Gasteiger partial charge in [-0.05, 0) is 38.0 Å². The molecule has 10 heteroatoms. The molecule has 8 nitrogen and oxygen atoms in total. The van der Waals surface area contributed by atoms with Crippen LogP contribution in [0.2, 0.25) is 0 Å². The molecule has 2 N–H and O–H groups in total. The Kier molecular flexibility index (Phi) is 6.22. The maximum Gasteiger partial charge on any atom is 0.323 e. The Labute approximate surface area is 181 Å². The van der Waals surface area contributed by atoms with Crippen LogP contribution in [0.5, 0.6) is 0 Å². The third-order valence-corrected chi connectivity index (χ3v) is 7.91. The number of piperazine rings is 1. The fourth-order valence-electron chi connectivity index (χ4n) is 3.67. The number of halogens is 1. The maximum absolute atomic E-state index is 15.0. The number of anilines is 2. The summed E-state index contributed by atoms with van der Waals surface area (Å²) in [5.74, 6) is -0.489. The Hall–Kier alpha value is -2.56. The minimum atomic E-state index is -3.17. The topological polar surface area (TPSA) is 94.6 Å². The molecule has 2 aliphatic rings. The molecule has 2 amide bonds. The van der Waals surface area contributed by atoms with Gasteiger partial charge >= 0.3 is 6.03 Å². The summed E-state index contributed by atoms with van der Waals surface area (Å²) in [7, 11) is -3.17. The summed E-state index contributed by atoms with van der Waals surface area (Å²) in [6.07, 6.45) is 3.09. The van der Waals surface area contributed by atoms with Gasteiger partial charge in [0.1, 0.15) is 0 Å². The van der Waals surface area contributed by atoms with E-state index in [4.69, 9.17) is 0 Å². The highest BCUT2D eigenvalue weighted by molar-refractivity contribution is 7.90. The molecule has 31 heavy (non-hydrogen) atoms. The molecule has 2 heterocycles. The van der Waals surface area contributed by atoms with Gasteiger partial charge in [-0.1, -0.05) is 12.1 Å². The number of urea groups is 1. The molecule has 4 rings (SSSR count). The molecule has 1 aliphatic heterocycles. The number of aryl methyl sites for hydroxylation is 1. The van der Waals surface area contributed by atoms with E-state index in [0.29, 0.717) is 44.0 Å². The number of hydrogen-bond donors (Lipinski definition) is 2. The van der Waals surface area contributed by atoms with E-state index < -0.39 is 21.9 Å². The lowest BCUT2D eigenvalue weighted by Gasteiger charge is -2.34. The van der Waals surface area contributed by atoms with E-state index in [1.54, 1.807) is 34.8 Å². The first-order chi connectivity index (χ1) is 14.8. The zero-order chi connectivity index (χ0) is 22.0. The molecule has 166 valence electrons. The number of benzene rings is 1. The minimum absolute atomic E-state index is 0.0933. The largest absolute Gasteiger partial charge is 0.323 e. The minimum Gasteiger partial charge on any atom is -0.308 e. The number of rotatable bonds is 6. The monoisotopic (exact) mass is 447 g/mol. The molecule has 2 fully saturated rings. The number of carbonyl (C=O) groups is 1. The SMILES string of the molecule is Cc1cc(NC(=O)Nc2cccc(CN3CCN(S(=O)(=O)C4CC4)CC3)c2F)ccn1. The number of carbonyl (C=O) groups excluding carboxylic acids is 1. The second-order valence-electron chi connectivity index (χ2n) is 7.96. The van der Waals surface area contributed by atoms with Crippen molar-refractivity contribution in [3.05, 3.63) is 53.6 Å². The van der Waals surface area contributed by atoms with Crippen molar-refractivity contribution in [1.82, 2.24) is 14.2 Å². The van der Waals surface area contributed by atoms with Crippen LogP contribution in [0.25, 0.3) is 0 Å². The van der Waals surface area contributed by atoms with Crippen molar-refractivity contribution in [1.29, 1.82) is 0 Å². The van der Waals surface area contributed by atoms with Gasteiger partial charge in [0, 0.05) is 55.9 Å². The summed E-state index contributed by atoms with van der Waals surface area (Å²) >= 11 is 0. The van der Waals surface area contributed by atoms with Crippen LogP contribution in [0.1, 0.15) is 24.1 Å². The molecule has 1 aromatic carbocycles. The lowest BCUT2D eigenvalue weighted by atomic mass is 10.1. The number of amides is 2. The van der Waals surface area contributed by atoms with Crippen LogP contribution >= 0.6 is 0 Å². The molecule has 1 saturated carbocycles. The molecule has 0 bridgehead atoms. The fraction of sp³-hybridized carbons (Fsp3) is 0.429. The van der Waals surface area contributed by atoms with Gasteiger partial charge in [-0.25, -0.2) is 17.6 Å². The normalized spacial score (nSPS) is 18.0. The number of hydrogen-bond acceptors (Lipinski definition) is 5. The predicted molar refractivity (Wildman–Crippen MR) is 117 cm³/mol. The highest BCUT2D eigenvalue weighted by Gasteiger charge is 2.40. The summed E-state index contributed by atoms with van der Waals surface area (Å²) in [6.45, 7) is 4.10. The summed E-state index contributed by atoms with van der Waals surface area (Å²) < 4.78 is 41.3. The standard InChI is InChI=1S/C21H26FN5O3S/c1-15-13-17(7-8-23-15)24-21(28)25-19-4-2-3-16(20(19)22)14-26-9-11-27(12-10-26)31(29,30)18-5-6-18/h2-4,7-8,13,18H,5-6,9-12,14H2,1H3,(H2,23,24,25,28). The molecule has 1 aromatic heterocycles. The number of pyridine rings is 1. The third-order valence-electron chi connectivity index (χ3n) is 5.51. The lowest BCUT2D eigenvalue weighted by Crippen LogP contribution is -2.49. The first-order valence-corrected chi connectivity index (χ1v) is 11.8. The molecule has 2 aromatic rings. The van der Waals surface area contributed by atoms with E-state index in [9.17, 15) is 17.6 Å². The molecule has 1 saturated heterocycles. The molecule has 0 spiro atoms. The van der Waals surface area contributed by atoms with Crippen molar-refractivity contribution in [2.24, 2.45) is 0 Å². The fourth-order valence-corrected chi connectivity index (χ4v) is 5.49. The van der Waals surface area contributed by atoms with E-state index in [2.05, 4.69) is 15.6 Å². The average Bonchev–Trinajstić information content (AvgIpc) is 3.57. The van der Waals surface area contributed by atoms with Crippen molar-refractivity contribution >= 4 is 27.4 Å². The average molecular weight is 448 g/mol. The van der Waals surface area contributed by atoms with Crippen LogP contribution in [0.4, 0.5) is 20.6 Å². The van der Waals surface area contributed by atoms with Crippen molar-refractivity contribution in [3.8, 4) is 0 Å². The van der Waals surface area contributed by atoms with Gasteiger partial charge in [0.05, 0.1) is 10.9 Å². The van der Waals surface area contributed by atoms with Crippen molar-refractivity contribution in [2.75, 3.05) is 36.8 Å². The zero-order valence-electron chi connectivity index (χ0n) is 17.3. The van der Waals surface area contributed by atoms with E-state index >= 15 is 0 Å². The molecular formula is C21H26FN5O3S. The van der Waals surface area contributed by atoms with Crippen molar-refractivity contribution < 1.29 is 17.6 Å². The maximum atomic E-state index is 15.0. The summed E-state index contributed by atoms with van der Waals surface area (Å²) in [4.78, 5) is 18.4. The van der Waals surface area contributed by atoms with Gasteiger partial charge in [-0.15, -0.1) is 0 Å². The van der Waals surface area contributed by atoms with Gasteiger partial charge in [0.2, 0.25) is 10.0 Å². The number of sulfonamides is 1. The summed E-state index contributed by atoms with van der Waals surface area (Å²) in [5.41, 5.74) is 1.88. The van der Waals surface area contributed by atoms with Crippen LogP contribution < -0.4 is 10.6 Å². The molecule has 1 aliphatic carbocycles. The Morgan fingerprint density at radius 1 is 1.16 bits per heavy atom. The van der Waals surface area contributed by atoms with Crippen molar-refractivity contribution in [3.63, 3.8) is 0 Å². The smallest absolute Gasteiger partial charge is 0.308 e. The first-order valence-electron chi connectivity index (χ1n) is 10.3. The van der Waals surface area contributed by atoms with Gasteiger partial charge in [-0.3, -0.25) is 9.88 Å². The van der Waals surface area contributed by atoms with E-state index in [0.717, 1.165) is 18.5 Å². The Bertz CT molecular complexity index is 1070. The summed E-state index contributed by atoms with van der Waals surface area (Å²) in [6, 6.07) is 7.71. The molecule has 0 radical (unpaired) electrons. The Balaban J connectivity index is 1.35. The quantitative estimate of drug-likeness (QED) is 0.710. The molecule has 0 atom stereocenters. The highest BCUT2D eigenvalue weighted by atomic mass is 32.2. The second kappa shape index (κ2) is 8.89. The van der Waals surface area contributed by atoms with Crippen molar-refractivity contribution in [2.45, 2.75) is 31.6 Å². The van der Waals surface area contributed by atoms with Crippen LogP contribution in [0.3, 0.4) is 0 Å². The van der Waals surface area contributed by atoms with Gasteiger partial charge in [-0.2, -0.15) is 4.31 Å². The molecule has 0 unspecified atom stereocenters. The van der Waals surface area contributed by atoms with Crippen LogP contribution in [0, 0.1) is 12.7 Å². The second-order valence-corrected chi connectivity index (χ2v) is 10.2. The van der Waals surface area contributed by atoms with Crippen LogP contribution in [-0.4, -0.2) is 60.1 Å². The molecular weight excluding hydrogens is 421 g/mol. The van der Waals surface area contributed by atoms with Gasteiger partial charge < -0.3 is 10.6 Å². The predicted octanol–water partition coefficient (Wildman–Crippen LogP) is 2.78. The summed E-state index contributed by atoms with van der Waals surface area (Å²) in [5, 5.41) is 5.01. The Morgan fingerprint density at radius 2 is 1.90 bits per heavy atom. The lowest BCUT2D eigenvalue weighted by molar-refractivity contribution is 0.180. The van der Waals surface area contributed by atoms with Gasteiger partial charge in [0.25, 0.3) is 0 Å². The van der Waals surface area contributed by atoms with Crippen LogP contribution in [0.15, 0.2) is 36.5 Å². The van der Waals surface area contributed by atoms with Crippen LogP contribution in [-0.2, 0) is 16.6 Å². The number of nitrogens with zero attached hydrogens (tertiary/aromatic N) is 3. The first kappa shape index (κ1) is 21.7. The van der Waals surface area contributed by atoms with E-state index in [-0.39, 0.29) is 10.9 Å². The Morgan fingerprint density at radius 3 is 2.58 bits per heavy atom.